The molecule has 3 aromatic rings. The molecule has 0 bridgehead atoms. The van der Waals surface area contributed by atoms with Crippen molar-refractivity contribution in [3.63, 3.8) is 0 Å². The van der Waals surface area contributed by atoms with Gasteiger partial charge in [0, 0.05) is 18.7 Å². The molecule has 0 saturated carbocycles. The quantitative estimate of drug-likeness (QED) is 0.540. The second kappa shape index (κ2) is 9.74. The Morgan fingerprint density at radius 2 is 1.83 bits per heavy atom. The lowest BCUT2D eigenvalue weighted by Gasteiger charge is -2.13. The van der Waals surface area contributed by atoms with Crippen LogP contribution in [0.15, 0.2) is 53.7 Å². The molecule has 0 aliphatic rings. The first kappa shape index (κ1) is 21.1. The summed E-state index contributed by atoms with van der Waals surface area (Å²) in [6, 6.07) is 16.2. The molecule has 0 fully saturated rings. The van der Waals surface area contributed by atoms with Gasteiger partial charge in [-0.25, -0.2) is 0 Å². The lowest BCUT2D eigenvalue weighted by atomic mass is 10.1. The molecule has 152 valence electrons. The van der Waals surface area contributed by atoms with Gasteiger partial charge in [0.25, 0.3) is 0 Å². The van der Waals surface area contributed by atoms with Gasteiger partial charge in [-0.15, -0.1) is 10.2 Å². The third-order valence-corrected chi connectivity index (χ3v) is 5.72. The van der Waals surface area contributed by atoms with Gasteiger partial charge in [0.05, 0.1) is 5.75 Å². The van der Waals surface area contributed by atoms with E-state index < -0.39 is 0 Å². The van der Waals surface area contributed by atoms with E-state index in [1.807, 2.05) is 50.2 Å². The third-order valence-electron chi connectivity index (χ3n) is 4.76. The molecule has 0 aliphatic carbocycles. The molecule has 2 aromatic carbocycles. The van der Waals surface area contributed by atoms with E-state index >= 15 is 0 Å². The number of anilines is 1. The Morgan fingerprint density at radius 3 is 2.55 bits per heavy atom. The zero-order valence-corrected chi connectivity index (χ0v) is 18.3. The van der Waals surface area contributed by atoms with Crippen LogP contribution in [0, 0.1) is 19.8 Å². The number of benzene rings is 2. The fourth-order valence-electron chi connectivity index (χ4n) is 3.09. The second-order valence-corrected chi connectivity index (χ2v) is 8.59. The lowest BCUT2D eigenvalue weighted by Crippen LogP contribution is -2.16. The van der Waals surface area contributed by atoms with Crippen molar-refractivity contribution in [1.82, 2.24) is 14.8 Å². The summed E-state index contributed by atoms with van der Waals surface area (Å²) in [6.07, 6.45) is 0.732. The van der Waals surface area contributed by atoms with Gasteiger partial charge in [-0.05, 0) is 42.5 Å². The highest BCUT2D eigenvalue weighted by Crippen LogP contribution is 2.22. The van der Waals surface area contributed by atoms with E-state index in [0.717, 1.165) is 40.8 Å². The van der Waals surface area contributed by atoms with E-state index in [1.54, 1.807) is 0 Å². The van der Waals surface area contributed by atoms with Crippen LogP contribution in [0.4, 0.5) is 5.69 Å². The number of hydrogen-bond donors (Lipinski definition) is 1. The van der Waals surface area contributed by atoms with Crippen molar-refractivity contribution >= 4 is 23.4 Å². The number of amides is 1. The second-order valence-electron chi connectivity index (χ2n) is 7.65. The molecular weight excluding hydrogens is 380 g/mol. The molecule has 0 spiro atoms. The van der Waals surface area contributed by atoms with Crippen LogP contribution in [0.3, 0.4) is 0 Å². The summed E-state index contributed by atoms with van der Waals surface area (Å²) in [5.41, 5.74) is 4.33. The minimum atomic E-state index is -0.0348. The Kier molecular flexibility index (Phi) is 7.09. The molecule has 1 amide bonds. The largest absolute Gasteiger partial charge is 0.325 e. The summed E-state index contributed by atoms with van der Waals surface area (Å²) in [5, 5.41) is 12.6. The first-order valence-corrected chi connectivity index (χ1v) is 10.9. The number of rotatable bonds is 8. The van der Waals surface area contributed by atoms with Crippen molar-refractivity contribution in [3.8, 4) is 0 Å². The van der Waals surface area contributed by atoms with Gasteiger partial charge in [0.1, 0.15) is 5.82 Å². The Hall–Kier alpha value is -2.60. The van der Waals surface area contributed by atoms with E-state index in [-0.39, 0.29) is 5.91 Å². The van der Waals surface area contributed by atoms with Crippen LogP contribution in [-0.4, -0.2) is 26.4 Å². The molecule has 1 N–H and O–H groups in total. The molecule has 1 aromatic heterocycles. The Morgan fingerprint density at radius 1 is 1.07 bits per heavy atom. The number of aromatic nitrogens is 3. The van der Waals surface area contributed by atoms with Gasteiger partial charge < -0.3 is 9.88 Å². The molecule has 0 saturated heterocycles. The molecule has 29 heavy (non-hydrogen) atoms. The van der Waals surface area contributed by atoms with Crippen molar-refractivity contribution in [1.29, 1.82) is 0 Å². The van der Waals surface area contributed by atoms with Crippen molar-refractivity contribution in [2.75, 3.05) is 11.1 Å². The van der Waals surface area contributed by atoms with Gasteiger partial charge >= 0.3 is 0 Å². The maximum absolute atomic E-state index is 12.5. The molecule has 3 rings (SSSR count). The normalized spacial score (nSPS) is 11.1. The fourth-order valence-corrected chi connectivity index (χ4v) is 3.85. The SMILES string of the molecule is Cc1cccc(NC(=O)CSc2nnc(Cc3ccccc3)n2CC(C)C)c1C. The monoisotopic (exact) mass is 408 g/mol. The number of hydrogen-bond acceptors (Lipinski definition) is 4. The molecule has 6 heteroatoms. The zero-order chi connectivity index (χ0) is 20.8. The minimum Gasteiger partial charge on any atom is -0.325 e. The molecule has 0 unspecified atom stereocenters. The summed E-state index contributed by atoms with van der Waals surface area (Å²) < 4.78 is 2.15. The standard InChI is InChI=1S/C23H28N4OS/c1-16(2)14-27-21(13-19-10-6-5-7-11-19)25-26-23(27)29-15-22(28)24-20-12-8-9-17(3)18(20)4/h5-12,16H,13-15H2,1-4H3,(H,24,28). The van der Waals surface area contributed by atoms with Crippen molar-refractivity contribution in [2.24, 2.45) is 5.92 Å². The van der Waals surface area contributed by atoms with E-state index in [1.165, 1.54) is 17.3 Å². The zero-order valence-electron chi connectivity index (χ0n) is 17.5. The van der Waals surface area contributed by atoms with Gasteiger partial charge in [0.15, 0.2) is 5.16 Å². The summed E-state index contributed by atoms with van der Waals surface area (Å²) in [6.45, 7) is 9.24. The molecule has 0 radical (unpaired) electrons. The Labute approximate surface area is 176 Å². The Bertz CT molecular complexity index is 966. The van der Waals surface area contributed by atoms with Gasteiger partial charge in [-0.2, -0.15) is 0 Å². The molecular formula is C23H28N4OS. The summed E-state index contributed by atoms with van der Waals surface area (Å²) >= 11 is 1.44. The average molecular weight is 409 g/mol. The van der Waals surface area contributed by atoms with Gasteiger partial charge in [-0.1, -0.05) is 68.1 Å². The van der Waals surface area contributed by atoms with Crippen LogP contribution >= 0.6 is 11.8 Å². The summed E-state index contributed by atoms with van der Waals surface area (Å²) in [5.74, 6) is 1.66. The molecule has 5 nitrogen and oxygen atoms in total. The molecule has 0 aliphatic heterocycles. The summed E-state index contributed by atoms with van der Waals surface area (Å²) in [4.78, 5) is 12.5. The van der Waals surface area contributed by atoms with E-state index in [0.29, 0.717) is 11.7 Å². The number of carbonyl (C=O) groups excluding carboxylic acids is 1. The lowest BCUT2D eigenvalue weighted by molar-refractivity contribution is -0.113. The van der Waals surface area contributed by atoms with Crippen molar-refractivity contribution < 1.29 is 4.79 Å². The highest BCUT2D eigenvalue weighted by molar-refractivity contribution is 7.99. The fraction of sp³-hybridized carbons (Fsp3) is 0.348. The first-order chi connectivity index (χ1) is 13.9. The smallest absolute Gasteiger partial charge is 0.234 e. The van der Waals surface area contributed by atoms with E-state index in [9.17, 15) is 4.79 Å². The van der Waals surface area contributed by atoms with Gasteiger partial charge in [-0.3, -0.25) is 4.79 Å². The van der Waals surface area contributed by atoms with E-state index in [4.69, 9.17) is 0 Å². The van der Waals surface area contributed by atoms with Crippen molar-refractivity contribution in [2.45, 2.75) is 45.8 Å². The van der Waals surface area contributed by atoms with Crippen LogP contribution in [0.5, 0.6) is 0 Å². The highest BCUT2D eigenvalue weighted by atomic mass is 32.2. The van der Waals surface area contributed by atoms with Gasteiger partial charge in [0.2, 0.25) is 5.91 Å². The number of nitrogens with zero attached hydrogens (tertiary/aromatic N) is 3. The van der Waals surface area contributed by atoms with Crippen LogP contribution in [0.1, 0.15) is 36.4 Å². The maximum atomic E-state index is 12.5. The van der Waals surface area contributed by atoms with Crippen LogP contribution in [0.2, 0.25) is 0 Å². The number of nitrogens with one attached hydrogen (secondary N) is 1. The summed E-state index contributed by atoms with van der Waals surface area (Å²) in [7, 11) is 0. The van der Waals surface area contributed by atoms with Crippen LogP contribution < -0.4 is 5.32 Å². The maximum Gasteiger partial charge on any atom is 0.234 e. The first-order valence-electron chi connectivity index (χ1n) is 9.89. The Balaban J connectivity index is 1.69. The van der Waals surface area contributed by atoms with Crippen molar-refractivity contribution in [3.05, 3.63) is 71.0 Å². The minimum absolute atomic E-state index is 0.0348. The molecule has 0 atom stereocenters. The van der Waals surface area contributed by atoms with Crippen LogP contribution in [0.25, 0.3) is 0 Å². The average Bonchev–Trinajstić information content (AvgIpc) is 3.05. The predicted molar refractivity (Wildman–Crippen MR) is 119 cm³/mol. The topological polar surface area (TPSA) is 59.8 Å². The van der Waals surface area contributed by atoms with Crippen LogP contribution in [-0.2, 0) is 17.8 Å². The number of carbonyl (C=O) groups is 1. The molecule has 1 heterocycles. The van der Waals surface area contributed by atoms with E-state index in [2.05, 4.69) is 46.1 Å². The third kappa shape index (κ3) is 5.70. The number of aryl methyl sites for hydroxylation is 1. The highest BCUT2D eigenvalue weighted by Gasteiger charge is 2.16. The number of thioether (sulfide) groups is 1. The predicted octanol–water partition coefficient (Wildman–Crippen LogP) is 4.87.